The van der Waals surface area contributed by atoms with E-state index in [2.05, 4.69) is 21.2 Å². The second kappa shape index (κ2) is 6.86. The number of anilines is 1. The molecular formula is C11H14BrFN2OS. The zero-order valence-corrected chi connectivity index (χ0v) is 11.8. The zero-order valence-electron chi connectivity index (χ0n) is 9.43. The van der Waals surface area contributed by atoms with Gasteiger partial charge in [0.05, 0.1) is 11.3 Å². The molecule has 0 bridgehead atoms. The molecule has 0 heterocycles. The van der Waals surface area contributed by atoms with Gasteiger partial charge in [-0.05, 0) is 46.5 Å². The first-order chi connectivity index (χ1) is 8.06. The molecule has 94 valence electrons. The number of nitrogens with one attached hydrogen (secondary N) is 1. The monoisotopic (exact) mass is 320 g/mol. The van der Waals surface area contributed by atoms with Crippen LogP contribution in [0.25, 0.3) is 0 Å². The third-order valence-electron chi connectivity index (χ3n) is 2.14. The highest BCUT2D eigenvalue weighted by Gasteiger charge is 2.12. The van der Waals surface area contributed by atoms with Gasteiger partial charge in [-0.1, -0.05) is 0 Å². The maximum absolute atomic E-state index is 13.1. The normalized spacial score (nSPS) is 10.3. The molecular weight excluding hydrogens is 307 g/mol. The van der Waals surface area contributed by atoms with E-state index in [1.165, 1.54) is 12.1 Å². The van der Waals surface area contributed by atoms with Crippen LogP contribution in [-0.4, -0.2) is 24.5 Å². The molecule has 1 aromatic rings. The minimum atomic E-state index is -0.532. The molecule has 0 unspecified atom stereocenters. The summed E-state index contributed by atoms with van der Waals surface area (Å²) in [7, 11) is 0. The van der Waals surface area contributed by atoms with Crippen LogP contribution in [0.4, 0.5) is 10.1 Å². The Hall–Kier alpha value is -0.750. The third kappa shape index (κ3) is 4.20. The summed E-state index contributed by atoms with van der Waals surface area (Å²) in [5.74, 6) is 0.216. The number of halogens is 2. The summed E-state index contributed by atoms with van der Waals surface area (Å²) >= 11 is 4.87. The fraction of sp³-hybridized carbons (Fsp3) is 0.364. The summed E-state index contributed by atoms with van der Waals surface area (Å²) in [5, 5.41) is 2.76. The number of nitrogen functional groups attached to an aromatic ring is 1. The molecule has 1 aromatic carbocycles. The van der Waals surface area contributed by atoms with Crippen LogP contribution < -0.4 is 11.1 Å². The van der Waals surface area contributed by atoms with Crippen molar-refractivity contribution in [3.05, 3.63) is 28.0 Å². The molecule has 1 rings (SSSR count). The highest BCUT2D eigenvalue weighted by Crippen LogP contribution is 2.22. The van der Waals surface area contributed by atoms with Gasteiger partial charge in [0.15, 0.2) is 0 Å². The van der Waals surface area contributed by atoms with Gasteiger partial charge in [-0.25, -0.2) is 4.39 Å². The molecule has 3 nitrogen and oxygen atoms in total. The molecule has 0 aliphatic rings. The average molecular weight is 321 g/mol. The van der Waals surface area contributed by atoms with Crippen molar-refractivity contribution in [2.24, 2.45) is 0 Å². The molecule has 0 aromatic heterocycles. The topological polar surface area (TPSA) is 55.1 Å². The predicted octanol–water partition coefficient (Wildman–Crippen LogP) is 2.65. The molecule has 0 spiro atoms. The Kier molecular flexibility index (Phi) is 5.77. The summed E-state index contributed by atoms with van der Waals surface area (Å²) in [4.78, 5) is 11.8. The van der Waals surface area contributed by atoms with Crippen LogP contribution in [0, 0.1) is 5.82 Å². The second-order valence-corrected chi connectivity index (χ2v) is 5.30. The van der Waals surface area contributed by atoms with Gasteiger partial charge < -0.3 is 11.1 Å². The van der Waals surface area contributed by atoms with Crippen LogP contribution in [0.2, 0.25) is 0 Å². The first-order valence-corrected chi connectivity index (χ1v) is 7.26. The van der Waals surface area contributed by atoms with E-state index < -0.39 is 5.82 Å². The molecule has 3 N–H and O–H groups in total. The van der Waals surface area contributed by atoms with Crippen molar-refractivity contribution < 1.29 is 9.18 Å². The number of carbonyl (C=O) groups is 1. The molecule has 0 saturated heterocycles. The van der Waals surface area contributed by atoms with Crippen LogP contribution >= 0.6 is 27.7 Å². The van der Waals surface area contributed by atoms with Gasteiger partial charge in [-0.2, -0.15) is 11.8 Å². The highest BCUT2D eigenvalue weighted by atomic mass is 79.9. The van der Waals surface area contributed by atoms with E-state index >= 15 is 0 Å². The fourth-order valence-electron chi connectivity index (χ4n) is 1.25. The Bertz CT molecular complexity index is 415. The zero-order chi connectivity index (χ0) is 12.8. The Balaban J connectivity index is 2.66. The van der Waals surface area contributed by atoms with Crippen molar-refractivity contribution in [3.63, 3.8) is 0 Å². The van der Waals surface area contributed by atoms with Crippen LogP contribution in [0.15, 0.2) is 16.6 Å². The molecule has 0 radical (unpaired) electrons. The van der Waals surface area contributed by atoms with Crippen molar-refractivity contribution in [2.45, 2.75) is 6.42 Å². The van der Waals surface area contributed by atoms with Crippen molar-refractivity contribution in [1.29, 1.82) is 0 Å². The summed E-state index contributed by atoms with van der Waals surface area (Å²) < 4.78 is 13.5. The van der Waals surface area contributed by atoms with E-state index in [1.807, 2.05) is 6.26 Å². The number of amides is 1. The predicted molar refractivity (Wildman–Crippen MR) is 73.8 cm³/mol. The lowest BCUT2D eigenvalue weighted by atomic mass is 10.2. The molecule has 0 atom stereocenters. The number of hydrogen-bond acceptors (Lipinski definition) is 3. The van der Waals surface area contributed by atoms with E-state index in [0.29, 0.717) is 16.6 Å². The highest BCUT2D eigenvalue weighted by molar-refractivity contribution is 9.10. The Morgan fingerprint density at radius 3 is 2.94 bits per heavy atom. The maximum atomic E-state index is 13.1. The molecule has 1 amide bonds. The lowest BCUT2D eigenvalue weighted by molar-refractivity contribution is 0.0953. The van der Waals surface area contributed by atoms with Crippen LogP contribution in [-0.2, 0) is 0 Å². The van der Waals surface area contributed by atoms with Gasteiger partial charge in [0.1, 0.15) is 5.82 Å². The number of carbonyl (C=O) groups excluding carboxylic acids is 1. The standard InChI is InChI=1S/C11H14BrFN2OS/c1-17-4-2-3-15-11(16)7-5-10(14)9(13)6-8(7)12/h5-6H,2-4,14H2,1H3,(H,15,16). The number of nitrogens with two attached hydrogens (primary N) is 1. The van der Waals surface area contributed by atoms with Gasteiger partial charge in [-0.15, -0.1) is 0 Å². The van der Waals surface area contributed by atoms with Crippen molar-refractivity contribution in [1.82, 2.24) is 5.32 Å². The van der Waals surface area contributed by atoms with E-state index in [0.717, 1.165) is 12.2 Å². The number of hydrogen-bond donors (Lipinski definition) is 2. The van der Waals surface area contributed by atoms with E-state index in [4.69, 9.17) is 5.73 Å². The van der Waals surface area contributed by atoms with Crippen LogP contribution in [0.5, 0.6) is 0 Å². The molecule has 0 aliphatic heterocycles. The van der Waals surface area contributed by atoms with E-state index in [9.17, 15) is 9.18 Å². The molecule has 6 heteroatoms. The lowest BCUT2D eigenvalue weighted by Gasteiger charge is -2.08. The number of thioether (sulfide) groups is 1. The summed E-state index contributed by atoms with van der Waals surface area (Å²) in [6.45, 7) is 0.601. The Morgan fingerprint density at radius 1 is 1.59 bits per heavy atom. The van der Waals surface area contributed by atoms with Gasteiger partial charge in [0.25, 0.3) is 5.91 Å². The Morgan fingerprint density at radius 2 is 2.29 bits per heavy atom. The van der Waals surface area contributed by atoms with E-state index in [-0.39, 0.29) is 11.6 Å². The smallest absolute Gasteiger partial charge is 0.252 e. The lowest BCUT2D eigenvalue weighted by Crippen LogP contribution is -2.25. The Labute approximate surface area is 112 Å². The second-order valence-electron chi connectivity index (χ2n) is 3.46. The van der Waals surface area contributed by atoms with Crippen molar-refractivity contribution >= 4 is 39.3 Å². The SMILES string of the molecule is CSCCCNC(=O)c1cc(N)c(F)cc1Br. The van der Waals surface area contributed by atoms with Crippen LogP contribution in [0.3, 0.4) is 0 Å². The molecule has 0 saturated carbocycles. The summed E-state index contributed by atoms with van der Waals surface area (Å²) in [6, 6.07) is 2.54. The molecule has 17 heavy (non-hydrogen) atoms. The number of benzene rings is 1. The fourth-order valence-corrected chi connectivity index (χ4v) is 2.18. The largest absolute Gasteiger partial charge is 0.396 e. The molecule has 0 aliphatic carbocycles. The third-order valence-corrected chi connectivity index (χ3v) is 3.49. The van der Waals surface area contributed by atoms with Gasteiger partial charge in [0, 0.05) is 11.0 Å². The van der Waals surface area contributed by atoms with Gasteiger partial charge in [0.2, 0.25) is 0 Å². The molecule has 0 fully saturated rings. The average Bonchev–Trinajstić information content (AvgIpc) is 2.29. The minimum absolute atomic E-state index is 0.0255. The van der Waals surface area contributed by atoms with E-state index in [1.54, 1.807) is 11.8 Å². The van der Waals surface area contributed by atoms with Crippen molar-refractivity contribution in [2.75, 3.05) is 24.3 Å². The van der Waals surface area contributed by atoms with Crippen molar-refractivity contribution in [3.8, 4) is 0 Å². The maximum Gasteiger partial charge on any atom is 0.252 e. The van der Waals surface area contributed by atoms with Gasteiger partial charge >= 0.3 is 0 Å². The minimum Gasteiger partial charge on any atom is -0.396 e. The van der Waals surface area contributed by atoms with Gasteiger partial charge in [-0.3, -0.25) is 4.79 Å². The van der Waals surface area contributed by atoms with Crippen LogP contribution in [0.1, 0.15) is 16.8 Å². The first kappa shape index (κ1) is 14.3. The number of rotatable bonds is 5. The summed E-state index contributed by atoms with van der Waals surface area (Å²) in [6.07, 6.45) is 2.92. The first-order valence-electron chi connectivity index (χ1n) is 5.08. The summed E-state index contributed by atoms with van der Waals surface area (Å²) in [5.41, 5.74) is 5.75. The quantitative estimate of drug-likeness (QED) is 0.647.